The summed E-state index contributed by atoms with van der Waals surface area (Å²) in [6.07, 6.45) is 1.92. The van der Waals surface area contributed by atoms with Gasteiger partial charge in [-0.15, -0.1) is 0 Å². The number of esters is 1. The molecule has 164 valence electrons. The van der Waals surface area contributed by atoms with E-state index < -0.39 is 40.2 Å². The number of hydrogen-bond acceptors (Lipinski definition) is 5. The lowest BCUT2D eigenvalue weighted by Crippen LogP contribution is -2.40. The summed E-state index contributed by atoms with van der Waals surface area (Å²) in [5.41, 5.74) is 1.23. The smallest absolute Gasteiger partial charge is 0.339 e. The Morgan fingerprint density at radius 1 is 1.16 bits per heavy atom. The number of likely N-dealkylation sites (N-methyl/N-ethyl adjacent to an activating group) is 1. The highest BCUT2D eigenvalue weighted by Crippen LogP contribution is 2.22. The Balaban J connectivity index is 1.74. The van der Waals surface area contributed by atoms with Crippen LogP contribution < -0.4 is 0 Å². The van der Waals surface area contributed by atoms with Gasteiger partial charge in [-0.2, -0.15) is 0 Å². The highest BCUT2D eigenvalue weighted by Gasteiger charge is 2.33. The minimum absolute atomic E-state index is 0.0353. The SMILES string of the molecule is CN(C(=O)COC(=O)/C(=C/c1ccc(Cl)cc1)c1ccc(F)cc1)C1CCS(=O)(=O)C1. The van der Waals surface area contributed by atoms with Gasteiger partial charge in [0.25, 0.3) is 5.91 Å². The van der Waals surface area contributed by atoms with Gasteiger partial charge in [0.2, 0.25) is 0 Å². The van der Waals surface area contributed by atoms with Crippen molar-refractivity contribution in [3.05, 3.63) is 70.5 Å². The van der Waals surface area contributed by atoms with Crippen molar-refractivity contribution >= 4 is 45.0 Å². The van der Waals surface area contributed by atoms with E-state index in [0.29, 0.717) is 22.6 Å². The largest absolute Gasteiger partial charge is 0.452 e. The fraction of sp³-hybridized carbons (Fsp3) is 0.273. The van der Waals surface area contributed by atoms with E-state index >= 15 is 0 Å². The fourth-order valence-electron chi connectivity index (χ4n) is 3.21. The van der Waals surface area contributed by atoms with Gasteiger partial charge in [0.05, 0.1) is 17.1 Å². The monoisotopic (exact) mass is 465 g/mol. The first-order valence-corrected chi connectivity index (χ1v) is 11.7. The van der Waals surface area contributed by atoms with Crippen LogP contribution in [0.2, 0.25) is 5.02 Å². The number of amides is 1. The number of nitrogens with zero attached hydrogens (tertiary/aromatic N) is 1. The lowest BCUT2D eigenvalue weighted by molar-refractivity contribution is -0.147. The van der Waals surface area contributed by atoms with Gasteiger partial charge in [0.15, 0.2) is 16.4 Å². The van der Waals surface area contributed by atoms with Crippen LogP contribution in [0.3, 0.4) is 0 Å². The molecule has 1 amide bonds. The zero-order valence-corrected chi connectivity index (χ0v) is 18.3. The number of carbonyl (C=O) groups is 2. The number of carbonyl (C=O) groups excluding carboxylic acids is 2. The molecule has 9 heteroatoms. The molecule has 1 aliphatic heterocycles. The Kier molecular flexibility index (Phi) is 7.12. The van der Waals surface area contributed by atoms with E-state index in [-0.39, 0.29) is 17.1 Å². The summed E-state index contributed by atoms with van der Waals surface area (Å²) in [7, 11) is -1.65. The van der Waals surface area contributed by atoms with Gasteiger partial charge in [0, 0.05) is 18.1 Å². The zero-order valence-electron chi connectivity index (χ0n) is 16.8. The van der Waals surface area contributed by atoms with Gasteiger partial charge < -0.3 is 9.64 Å². The summed E-state index contributed by atoms with van der Waals surface area (Å²) in [6, 6.07) is 11.6. The molecular weight excluding hydrogens is 445 g/mol. The number of halogens is 2. The first-order chi connectivity index (χ1) is 14.6. The lowest BCUT2D eigenvalue weighted by Gasteiger charge is -2.23. The zero-order chi connectivity index (χ0) is 22.6. The van der Waals surface area contributed by atoms with Gasteiger partial charge >= 0.3 is 5.97 Å². The maximum absolute atomic E-state index is 13.3. The van der Waals surface area contributed by atoms with Crippen LogP contribution in [0.15, 0.2) is 48.5 Å². The normalized spacial score (nSPS) is 17.9. The second-order valence-corrected chi connectivity index (χ2v) is 9.92. The Morgan fingerprint density at radius 3 is 2.39 bits per heavy atom. The molecule has 1 saturated heterocycles. The van der Waals surface area contributed by atoms with E-state index in [4.69, 9.17) is 16.3 Å². The van der Waals surface area contributed by atoms with E-state index in [1.165, 1.54) is 36.2 Å². The van der Waals surface area contributed by atoms with Gasteiger partial charge in [0.1, 0.15) is 5.82 Å². The number of ether oxygens (including phenoxy) is 1. The van der Waals surface area contributed by atoms with Gasteiger partial charge in [-0.1, -0.05) is 35.9 Å². The van der Waals surface area contributed by atoms with Crippen LogP contribution in [0, 0.1) is 5.82 Å². The minimum atomic E-state index is -3.15. The van der Waals surface area contributed by atoms with Crippen LogP contribution in [-0.4, -0.2) is 56.4 Å². The highest BCUT2D eigenvalue weighted by molar-refractivity contribution is 7.91. The molecule has 1 unspecified atom stereocenters. The summed E-state index contributed by atoms with van der Waals surface area (Å²) < 4.78 is 41.8. The molecule has 2 aromatic carbocycles. The number of sulfone groups is 1. The van der Waals surface area contributed by atoms with Crippen LogP contribution in [0.5, 0.6) is 0 Å². The van der Waals surface area contributed by atoms with E-state index in [2.05, 4.69) is 0 Å². The lowest BCUT2D eigenvalue weighted by atomic mass is 10.0. The topological polar surface area (TPSA) is 80.8 Å². The van der Waals surface area contributed by atoms with Crippen LogP contribution >= 0.6 is 11.6 Å². The molecule has 6 nitrogen and oxygen atoms in total. The molecule has 0 aliphatic carbocycles. The molecule has 31 heavy (non-hydrogen) atoms. The number of benzene rings is 2. The average Bonchev–Trinajstić information content (AvgIpc) is 3.11. The van der Waals surface area contributed by atoms with Crippen molar-refractivity contribution < 1.29 is 27.1 Å². The molecule has 0 saturated carbocycles. The second-order valence-electron chi connectivity index (χ2n) is 7.25. The number of hydrogen-bond donors (Lipinski definition) is 0. The maximum Gasteiger partial charge on any atom is 0.339 e. The van der Waals surface area contributed by atoms with E-state index in [9.17, 15) is 22.4 Å². The van der Waals surface area contributed by atoms with Crippen LogP contribution in [-0.2, 0) is 24.2 Å². The van der Waals surface area contributed by atoms with Gasteiger partial charge in [-0.25, -0.2) is 17.6 Å². The Morgan fingerprint density at radius 2 is 1.81 bits per heavy atom. The fourth-order valence-corrected chi connectivity index (χ4v) is 5.11. The van der Waals surface area contributed by atoms with Gasteiger partial charge in [-0.3, -0.25) is 4.79 Å². The van der Waals surface area contributed by atoms with Crippen molar-refractivity contribution in [1.29, 1.82) is 0 Å². The number of rotatable bonds is 6. The van der Waals surface area contributed by atoms with E-state index in [1.54, 1.807) is 30.3 Å². The molecule has 0 spiro atoms. The van der Waals surface area contributed by atoms with E-state index in [1.807, 2.05) is 0 Å². The molecule has 1 heterocycles. The van der Waals surface area contributed by atoms with Crippen molar-refractivity contribution in [2.75, 3.05) is 25.2 Å². The summed E-state index contributed by atoms with van der Waals surface area (Å²) in [5, 5.41) is 0.533. The molecule has 0 N–H and O–H groups in total. The van der Waals surface area contributed by atoms with Crippen LogP contribution in [0.4, 0.5) is 4.39 Å². The third-order valence-electron chi connectivity index (χ3n) is 5.03. The third kappa shape index (κ3) is 6.15. The van der Waals surface area contributed by atoms with Gasteiger partial charge in [-0.05, 0) is 47.9 Å². The molecular formula is C22H21ClFNO5S. The standard InChI is InChI=1S/C22H21ClFNO5S/c1-25(19-10-11-31(28,29)14-19)21(26)13-30-22(27)20(16-4-8-18(24)9-5-16)12-15-2-6-17(23)7-3-15/h2-9,12,19H,10-11,13-14H2,1H3/b20-12+. The molecule has 1 aliphatic rings. The molecule has 1 atom stereocenters. The predicted octanol–water partition coefficient (Wildman–Crippen LogP) is 3.21. The summed E-state index contributed by atoms with van der Waals surface area (Å²) in [4.78, 5) is 26.5. The van der Waals surface area contributed by atoms with Crippen LogP contribution in [0.1, 0.15) is 17.5 Å². The van der Waals surface area contributed by atoms with Crippen molar-refractivity contribution in [2.24, 2.45) is 0 Å². The molecule has 0 bridgehead atoms. The molecule has 0 aromatic heterocycles. The average molecular weight is 466 g/mol. The minimum Gasteiger partial charge on any atom is -0.452 e. The maximum atomic E-state index is 13.3. The van der Waals surface area contributed by atoms with Crippen molar-refractivity contribution in [1.82, 2.24) is 4.90 Å². The Labute approximate surface area is 185 Å². The summed E-state index contributed by atoms with van der Waals surface area (Å²) >= 11 is 5.90. The third-order valence-corrected chi connectivity index (χ3v) is 7.03. The molecule has 1 fully saturated rings. The first-order valence-electron chi connectivity index (χ1n) is 9.51. The molecule has 3 rings (SSSR count). The summed E-state index contributed by atoms with van der Waals surface area (Å²) in [5.74, 6) is -1.78. The first kappa shape index (κ1) is 23.0. The van der Waals surface area contributed by atoms with E-state index in [0.717, 1.165) is 0 Å². The Bertz CT molecular complexity index is 1100. The van der Waals surface area contributed by atoms with Crippen LogP contribution in [0.25, 0.3) is 11.6 Å². The summed E-state index contributed by atoms with van der Waals surface area (Å²) in [6.45, 7) is -0.537. The molecule has 0 radical (unpaired) electrons. The molecule has 2 aromatic rings. The quantitative estimate of drug-likeness (QED) is 0.372. The van der Waals surface area contributed by atoms with Crippen molar-refractivity contribution in [2.45, 2.75) is 12.5 Å². The van der Waals surface area contributed by atoms with Crippen molar-refractivity contribution in [3.8, 4) is 0 Å². The predicted molar refractivity (Wildman–Crippen MR) is 117 cm³/mol. The Hall–Kier alpha value is -2.71. The second kappa shape index (κ2) is 9.62. The van der Waals surface area contributed by atoms with Crippen molar-refractivity contribution in [3.63, 3.8) is 0 Å². The highest BCUT2D eigenvalue weighted by atomic mass is 35.5.